The van der Waals surface area contributed by atoms with Crippen molar-refractivity contribution in [3.8, 4) is 0 Å². The molecular weight excluding hydrogens is 120 g/mol. The first kappa shape index (κ1) is 6.39. The smallest absolute Gasteiger partial charge is 0.428 e. The third-order valence-corrected chi connectivity index (χ3v) is 1.57. The maximum atomic E-state index is 9.81. The van der Waals surface area contributed by atoms with Crippen LogP contribution in [0, 0.1) is 5.92 Å². The second-order valence-corrected chi connectivity index (χ2v) is 2.41. The Morgan fingerprint density at radius 1 is 1.67 bits per heavy atom. The van der Waals surface area contributed by atoms with Crippen LogP contribution in [0.25, 0.3) is 0 Å². The highest BCUT2D eigenvalue weighted by Gasteiger charge is 2.30. The number of ether oxygens (including phenoxy) is 1. The van der Waals surface area contributed by atoms with Crippen molar-refractivity contribution in [1.29, 1.82) is 0 Å². The summed E-state index contributed by atoms with van der Waals surface area (Å²) in [6.45, 7) is 1.76. The van der Waals surface area contributed by atoms with Gasteiger partial charge in [0.1, 0.15) is 6.10 Å². The van der Waals surface area contributed by atoms with E-state index in [0.717, 1.165) is 12.8 Å². The number of hydrogen-bond acceptors (Lipinski definition) is 2. The molecule has 3 heteroatoms. The van der Waals surface area contributed by atoms with Gasteiger partial charge < -0.3 is 4.74 Å². The molecule has 1 aliphatic rings. The van der Waals surface area contributed by atoms with Crippen molar-refractivity contribution in [1.82, 2.24) is 0 Å². The summed E-state index contributed by atoms with van der Waals surface area (Å²) in [5, 5.41) is 9.81. The minimum Gasteiger partial charge on any atom is -0.428 e. The largest absolute Gasteiger partial charge is 0.550 e. The zero-order valence-corrected chi connectivity index (χ0v) is 5.29. The van der Waals surface area contributed by atoms with Gasteiger partial charge in [0.05, 0.1) is 0 Å². The van der Waals surface area contributed by atoms with Gasteiger partial charge in [-0.3, -0.25) is 0 Å². The Morgan fingerprint density at radius 2 is 2.22 bits per heavy atom. The summed E-state index contributed by atoms with van der Waals surface area (Å²) in [7, 11) is 0. The molecule has 0 N–H and O–H groups in total. The van der Waals surface area contributed by atoms with Crippen LogP contribution in [-0.4, -0.2) is 12.3 Å². The molecule has 0 saturated heterocycles. The standard InChI is InChI=1S/C6H9O3/c1-4(5-2-3-5)9-6(7)8/h4-5H,2-3H2,1H3. The first-order chi connectivity index (χ1) is 4.20. The Balaban J connectivity index is 2.17. The molecule has 0 aliphatic heterocycles. The molecule has 1 rings (SSSR count). The molecule has 0 amide bonds. The van der Waals surface area contributed by atoms with Gasteiger partial charge in [0, 0.05) is 0 Å². The third-order valence-electron chi connectivity index (χ3n) is 1.57. The molecule has 1 unspecified atom stereocenters. The molecule has 1 atom stereocenters. The van der Waals surface area contributed by atoms with Gasteiger partial charge in [-0.2, -0.15) is 9.90 Å². The third kappa shape index (κ3) is 1.91. The van der Waals surface area contributed by atoms with Gasteiger partial charge in [-0.05, 0) is 25.7 Å². The van der Waals surface area contributed by atoms with E-state index in [1.54, 1.807) is 6.92 Å². The van der Waals surface area contributed by atoms with Crippen LogP contribution in [0.3, 0.4) is 0 Å². The maximum absolute atomic E-state index is 9.81. The zero-order chi connectivity index (χ0) is 6.85. The van der Waals surface area contributed by atoms with E-state index < -0.39 is 6.16 Å². The summed E-state index contributed by atoms with van der Waals surface area (Å²) in [6, 6.07) is 0. The molecule has 0 spiro atoms. The summed E-state index contributed by atoms with van der Waals surface area (Å²) < 4.78 is 4.38. The van der Waals surface area contributed by atoms with Gasteiger partial charge in [0.2, 0.25) is 0 Å². The molecule has 0 aromatic rings. The molecule has 1 saturated carbocycles. The second kappa shape index (κ2) is 2.25. The van der Waals surface area contributed by atoms with Gasteiger partial charge in [-0.15, -0.1) is 0 Å². The zero-order valence-electron chi connectivity index (χ0n) is 5.29. The van der Waals surface area contributed by atoms with Gasteiger partial charge in [0.25, 0.3) is 0 Å². The van der Waals surface area contributed by atoms with Crippen molar-refractivity contribution in [2.45, 2.75) is 25.9 Å². The van der Waals surface area contributed by atoms with Gasteiger partial charge >= 0.3 is 6.16 Å². The predicted molar refractivity (Wildman–Crippen MR) is 29.4 cm³/mol. The topological polar surface area (TPSA) is 46.2 Å². The molecular formula is C6H9O3. The maximum Gasteiger partial charge on any atom is 0.550 e. The van der Waals surface area contributed by atoms with Gasteiger partial charge in [0.15, 0.2) is 0 Å². The molecule has 1 fully saturated rings. The van der Waals surface area contributed by atoms with Gasteiger partial charge in [-0.1, -0.05) is 0 Å². The van der Waals surface area contributed by atoms with Crippen molar-refractivity contribution in [3.63, 3.8) is 0 Å². The fourth-order valence-corrected chi connectivity index (χ4v) is 0.814. The van der Waals surface area contributed by atoms with Crippen LogP contribution in [0.2, 0.25) is 0 Å². The Kier molecular flexibility index (Phi) is 1.60. The van der Waals surface area contributed by atoms with Crippen molar-refractivity contribution in [3.05, 3.63) is 0 Å². The summed E-state index contributed by atoms with van der Waals surface area (Å²) in [5.41, 5.74) is 0. The predicted octanol–water partition coefficient (Wildman–Crippen LogP) is 1.35. The molecule has 1 radical (unpaired) electrons. The highest BCUT2D eigenvalue weighted by atomic mass is 16.7. The van der Waals surface area contributed by atoms with Crippen molar-refractivity contribution >= 4 is 6.16 Å². The minimum atomic E-state index is -1.41. The fraction of sp³-hybridized carbons (Fsp3) is 0.833. The van der Waals surface area contributed by atoms with Crippen molar-refractivity contribution in [2.24, 2.45) is 5.92 Å². The van der Waals surface area contributed by atoms with Crippen LogP contribution in [0.4, 0.5) is 4.79 Å². The lowest BCUT2D eigenvalue weighted by Crippen LogP contribution is -2.13. The normalized spacial score (nSPS) is 21.0. The summed E-state index contributed by atoms with van der Waals surface area (Å²) in [5.74, 6) is 0.461. The van der Waals surface area contributed by atoms with Crippen LogP contribution >= 0.6 is 0 Å². The quantitative estimate of drug-likeness (QED) is 0.528. The van der Waals surface area contributed by atoms with E-state index >= 15 is 0 Å². The Hall–Kier alpha value is -0.730. The molecule has 3 nitrogen and oxygen atoms in total. The molecule has 1 aliphatic carbocycles. The summed E-state index contributed by atoms with van der Waals surface area (Å²) >= 11 is 0. The van der Waals surface area contributed by atoms with E-state index in [0.29, 0.717) is 5.92 Å². The van der Waals surface area contributed by atoms with Crippen LogP contribution in [0.1, 0.15) is 19.8 Å². The number of hydrogen-bond donors (Lipinski definition) is 0. The van der Waals surface area contributed by atoms with E-state index in [9.17, 15) is 9.90 Å². The highest BCUT2D eigenvalue weighted by Crippen LogP contribution is 2.33. The lowest BCUT2D eigenvalue weighted by molar-refractivity contribution is 0.0311. The van der Waals surface area contributed by atoms with Crippen LogP contribution in [0.5, 0.6) is 0 Å². The lowest BCUT2D eigenvalue weighted by Gasteiger charge is -2.05. The van der Waals surface area contributed by atoms with Crippen LogP contribution < -0.4 is 0 Å². The molecule has 0 heterocycles. The number of carbonyl (C=O) groups excluding carboxylic acids is 1. The summed E-state index contributed by atoms with van der Waals surface area (Å²) in [6.07, 6.45) is 0.618. The molecule has 0 aromatic heterocycles. The van der Waals surface area contributed by atoms with Crippen molar-refractivity contribution in [2.75, 3.05) is 0 Å². The van der Waals surface area contributed by atoms with E-state index in [1.807, 2.05) is 0 Å². The monoisotopic (exact) mass is 129 g/mol. The first-order valence-corrected chi connectivity index (χ1v) is 3.08. The Morgan fingerprint density at radius 3 is 2.56 bits per heavy atom. The molecule has 0 aromatic carbocycles. The van der Waals surface area contributed by atoms with E-state index in [-0.39, 0.29) is 6.10 Å². The average molecular weight is 129 g/mol. The number of carbonyl (C=O) groups is 1. The fourth-order valence-electron chi connectivity index (χ4n) is 0.814. The van der Waals surface area contributed by atoms with E-state index in [1.165, 1.54) is 0 Å². The average Bonchev–Trinajstić information content (AvgIpc) is 2.40. The van der Waals surface area contributed by atoms with E-state index in [4.69, 9.17) is 0 Å². The highest BCUT2D eigenvalue weighted by molar-refractivity contribution is 5.56. The first-order valence-electron chi connectivity index (χ1n) is 3.08. The van der Waals surface area contributed by atoms with Crippen LogP contribution in [0.15, 0.2) is 0 Å². The number of rotatable bonds is 2. The SMILES string of the molecule is CC(OC([O])=O)C1CC1. The minimum absolute atomic E-state index is 0.157. The Bertz CT molecular complexity index is 117. The van der Waals surface area contributed by atoms with Crippen LogP contribution in [-0.2, 0) is 9.84 Å². The molecule has 9 heavy (non-hydrogen) atoms. The van der Waals surface area contributed by atoms with Crippen molar-refractivity contribution < 1.29 is 14.6 Å². The van der Waals surface area contributed by atoms with Gasteiger partial charge in [-0.25, -0.2) is 0 Å². The summed E-state index contributed by atoms with van der Waals surface area (Å²) in [4.78, 5) is 9.81. The molecule has 0 bridgehead atoms. The van der Waals surface area contributed by atoms with E-state index in [2.05, 4.69) is 4.74 Å². The lowest BCUT2D eigenvalue weighted by atomic mass is 10.3. The molecule has 51 valence electrons. The second-order valence-electron chi connectivity index (χ2n) is 2.41. The Labute approximate surface area is 53.6 Å².